The molecule has 65 heavy (non-hydrogen) atoms. The van der Waals surface area contributed by atoms with Gasteiger partial charge in [-0.05, 0) is 124 Å². The van der Waals surface area contributed by atoms with Crippen molar-refractivity contribution in [3.8, 4) is 66.8 Å². The molecule has 0 aliphatic carbocycles. The number of anilines is 2. The minimum Gasteiger partial charge on any atom is -0.354 e. The van der Waals surface area contributed by atoms with Crippen LogP contribution in [0, 0.1) is 0 Å². The van der Waals surface area contributed by atoms with Crippen LogP contribution in [0.4, 0.5) is 17.1 Å². The maximum Gasteiger partial charge on any atom is 0.0870 e. The lowest BCUT2D eigenvalue weighted by atomic mass is 9.81. The summed E-state index contributed by atoms with van der Waals surface area (Å²) < 4.78 is 0. The molecule has 11 aromatic carbocycles. The Bertz CT molecular complexity index is 3470. The summed E-state index contributed by atoms with van der Waals surface area (Å²) in [7, 11) is 0. The maximum atomic E-state index is 5.00. The van der Waals surface area contributed by atoms with Gasteiger partial charge >= 0.3 is 0 Å². The minimum atomic E-state index is 0.869. The van der Waals surface area contributed by atoms with Crippen molar-refractivity contribution in [1.82, 2.24) is 0 Å². The molecule has 0 atom stereocenters. The molecule has 0 radical (unpaired) electrons. The SMILES string of the molecule is C(=Nc1cc(-c2ccc(-c3ccc4c(-c5ccccc5-c5ccccc5)c5ccccc5c(-c5ccccc5-c5ccccc5)c4c3)cc2)ccc1Nc1ccccc1)c1ccccc1. The van der Waals surface area contributed by atoms with Gasteiger partial charge in [-0.15, -0.1) is 0 Å². The first-order valence-corrected chi connectivity index (χ1v) is 22.2. The molecule has 0 spiro atoms. The van der Waals surface area contributed by atoms with Crippen LogP contribution in [0.15, 0.2) is 260 Å². The van der Waals surface area contributed by atoms with Crippen LogP contribution in [0.2, 0.25) is 0 Å². The summed E-state index contributed by atoms with van der Waals surface area (Å²) in [6.07, 6.45) is 1.93. The van der Waals surface area contributed by atoms with Gasteiger partial charge in [0.05, 0.1) is 11.4 Å². The van der Waals surface area contributed by atoms with Crippen LogP contribution in [-0.4, -0.2) is 6.21 Å². The Kier molecular flexibility index (Phi) is 10.7. The van der Waals surface area contributed by atoms with Crippen molar-refractivity contribution in [1.29, 1.82) is 0 Å². The molecule has 11 rings (SSSR count). The van der Waals surface area contributed by atoms with Crippen LogP contribution in [0.1, 0.15) is 5.56 Å². The highest BCUT2D eigenvalue weighted by Crippen LogP contribution is 2.49. The summed E-state index contributed by atoms with van der Waals surface area (Å²) in [6.45, 7) is 0. The fourth-order valence-electron chi connectivity index (χ4n) is 9.22. The topological polar surface area (TPSA) is 24.4 Å². The first kappa shape index (κ1) is 39.3. The van der Waals surface area contributed by atoms with Crippen molar-refractivity contribution in [2.24, 2.45) is 4.99 Å². The van der Waals surface area contributed by atoms with Crippen LogP contribution in [0.3, 0.4) is 0 Å². The fourth-order valence-corrected chi connectivity index (χ4v) is 9.22. The van der Waals surface area contributed by atoms with Crippen molar-refractivity contribution in [3.05, 3.63) is 260 Å². The standard InChI is InChI=1S/C63H44N2/c1-5-19-44(20-6-1)43-64-61-42-50(38-40-60(61)65-51-25-11-4-12-26-51)46-35-33-45(34-36-46)49-37-39-58-59(41-49)63(55-30-16-14-28-53(55)48-23-9-3-10-24-48)57-32-18-17-31-56(57)62(58)54-29-15-13-27-52(54)47-21-7-2-8-22-47/h1-43,65H. The molecule has 0 aliphatic rings. The van der Waals surface area contributed by atoms with Gasteiger partial charge in [-0.2, -0.15) is 0 Å². The molecule has 0 amide bonds. The highest BCUT2D eigenvalue weighted by atomic mass is 14.9. The normalized spacial score (nSPS) is 11.3. The first-order valence-electron chi connectivity index (χ1n) is 22.2. The first-order chi connectivity index (χ1) is 32.2. The van der Waals surface area contributed by atoms with Gasteiger partial charge in [0.15, 0.2) is 0 Å². The van der Waals surface area contributed by atoms with E-state index in [-0.39, 0.29) is 0 Å². The van der Waals surface area contributed by atoms with E-state index in [0.29, 0.717) is 0 Å². The molecule has 2 heteroatoms. The van der Waals surface area contributed by atoms with Crippen LogP contribution in [0.25, 0.3) is 88.3 Å². The maximum absolute atomic E-state index is 5.00. The van der Waals surface area contributed by atoms with Gasteiger partial charge in [-0.1, -0.05) is 224 Å². The van der Waals surface area contributed by atoms with E-state index in [1.165, 1.54) is 66.1 Å². The van der Waals surface area contributed by atoms with Gasteiger partial charge in [0, 0.05) is 11.9 Å². The summed E-state index contributed by atoms with van der Waals surface area (Å²) >= 11 is 0. The Morgan fingerprint density at radius 1 is 0.292 bits per heavy atom. The molecular formula is C63H44N2. The lowest BCUT2D eigenvalue weighted by molar-refractivity contribution is 1.47. The lowest BCUT2D eigenvalue weighted by Gasteiger charge is -2.22. The minimum absolute atomic E-state index is 0.869. The number of hydrogen-bond donors (Lipinski definition) is 1. The van der Waals surface area contributed by atoms with Crippen molar-refractivity contribution in [2.75, 3.05) is 5.32 Å². The number of nitrogens with one attached hydrogen (secondary N) is 1. The molecule has 1 N–H and O–H groups in total. The van der Waals surface area contributed by atoms with E-state index in [2.05, 4.69) is 224 Å². The summed E-state index contributed by atoms with van der Waals surface area (Å²) in [5.74, 6) is 0. The number of hydrogen-bond acceptors (Lipinski definition) is 2. The monoisotopic (exact) mass is 828 g/mol. The molecule has 0 saturated carbocycles. The predicted octanol–water partition coefficient (Wildman–Crippen LogP) is 17.5. The molecule has 2 nitrogen and oxygen atoms in total. The molecule has 306 valence electrons. The average Bonchev–Trinajstić information content (AvgIpc) is 3.38. The van der Waals surface area contributed by atoms with Gasteiger partial charge in [0.25, 0.3) is 0 Å². The highest BCUT2D eigenvalue weighted by molar-refractivity contribution is 6.24. The Hall–Kier alpha value is -8.59. The van der Waals surface area contributed by atoms with Crippen LogP contribution in [-0.2, 0) is 0 Å². The second kappa shape index (κ2) is 17.6. The summed E-state index contributed by atoms with van der Waals surface area (Å²) in [4.78, 5) is 5.00. The molecule has 11 aromatic rings. The number of benzene rings is 11. The molecule has 0 aromatic heterocycles. The lowest BCUT2D eigenvalue weighted by Crippen LogP contribution is -1.94. The number of nitrogens with zero attached hydrogens (tertiary/aromatic N) is 1. The third-order valence-electron chi connectivity index (χ3n) is 12.3. The number of para-hydroxylation sites is 1. The van der Waals surface area contributed by atoms with Gasteiger partial charge in [0.1, 0.15) is 0 Å². The van der Waals surface area contributed by atoms with Crippen molar-refractivity contribution >= 4 is 44.8 Å². The van der Waals surface area contributed by atoms with Crippen molar-refractivity contribution < 1.29 is 0 Å². The molecule has 0 fully saturated rings. The second-order valence-electron chi connectivity index (χ2n) is 16.3. The number of aliphatic imine (C=N–C) groups is 1. The smallest absolute Gasteiger partial charge is 0.0870 e. The van der Waals surface area contributed by atoms with E-state index in [4.69, 9.17) is 4.99 Å². The van der Waals surface area contributed by atoms with Gasteiger partial charge in [-0.25, -0.2) is 0 Å². The number of rotatable bonds is 10. The van der Waals surface area contributed by atoms with E-state index in [9.17, 15) is 0 Å². The molecule has 0 bridgehead atoms. The molecule has 0 heterocycles. The summed E-state index contributed by atoms with van der Waals surface area (Å²) in [5.41, 5.74) is 18.2. The largest absolute Gasteiger partial charge is 0.354 e. The van der Waals surface area contributed by atoms with E-state index in [1.54, 1.807) is 0 Å². The quantitative estimate of drug-likeness (QED) is 0.108. The van der Waals surface area contributed by atoms with Gasteiger partial charge in [0.2, 0.25) is 0 Å². The van der Waals surface area contributed by atoms with E-state index in [0.717, 1.165) is 44.9 Å². The van der Waals surface area contributed by atoms with Crippen LogP contribution >= 0.6 is 0 Å². The van der Waals surface area contributed by atoms with Gasteiger partial charge < -0.3 is 5.32 Å². The van der Waals surface area contributed by atoms with E-state index in [1.807, 2.05) is 42.6 Å². The zero-order valence-electron chi connectivity index (χ0n) is 35.8. The Morgan fingerprint density at radius 2 is 0.708 bits per heavy atom. The third kappa shape index (κ3) is 7.90. The van der Waals surface area contributed by atoms with E-state index >= 15 is 0 Å². The van der Waals surface area contributed by atoms with Crippen LogP contribution < -0.4 is 5.32 Å². The van der Waals surface area contributed by atoms with Crippen molar-refractivity contribution in [2.45, 2.75) is 0 Å². The zero-order chi connectivity index (χ0) is 43.4. The average molecular weight is 829 g/mol. The predicted molar refractivity (Wildman–Crippen MR) is 277 cm³/mol. The van der Waals surface area contributed by atoms with Gasteiger partial charge in [-0.3, -0.25) is 4.99 Å². The number of fused-ring (bicyclic) bond motifs is 2. The molecule has 0 aliphatic heterocycles. The molecule has 0 saturated heterocycles. The Morgan fingerprint density at radius 3 is 1.28 bits per heavy atom. The summed E-state index contributed by atoms with van der Waals surface area (Å²) in [5, 5.41) is 8.48. The van der Waals surface area contributed by atoms with E-state index < -0.39 is 0 Å². The second-order valence-corrected chi connectivity index (χ2v) is 16.3. The molecular weight excluding hydrogens is 785 g/mol. The summed E-state index contributed by atoms with van der Waals surface area (Å²) in [6, 6.07) is 91.3. The highest BCUT2D eigenvalue weighted by Gasteiger charge is 2.21. The Balaban J connectivity index is 1.07. The van der Waals surface area contributed by atoms with Crippen molar-refractivity contribution in [3.63, 3.8) is 0 Å². The van der Waals surface area contributed by atoms with Crippen LogP contribution in [0.5, 0.6) is 0 Å². The Labute approximate surface area is 380 Å². The molecule has 0 unspecified atom stereocenters. The zero-order valence-corrected chi connectivity index (χ0v) is 35.8. The fraction of sp³-hybridized carbons (Fsp3) is 0. The third-order valence-corrected chi connectivity index (χ3v) is 12.3.